The fraction of sp³-hybridized carbons (Fsp3) is 0.455. The molecule has 2 aromatic rings. The van der Waals surface area contributed by atoms with Crippen molar-refractivity contribution in [3.05, 3.63) is 45.1 Å². The molecule has 0 atom stereocenters. The second-order valence-electron chi connectivity index (χ2n) is 7.29. The van der Waals surface area contributed by atoms with Gasteiger partial charge >= 0.3 is 12.1 Å². The Morgan fingerprint density at radius 1 is 1.09 bits per heavy atom. The Morgan fingerprint density at radius 2 is 1.88 bits per heavy atom. The van der Waals surface area contributed by atoms with E-state index in [9.17, 15) is 22.8 Å². The second-order valence-corrected chi connectivity index (χ2v) is 8.43. The number of alkyl halides is 3. The van der Waals surface area contributed by atoms with Crippen molar-refractivity contribution in [2.75, 3.05) is 32.2 Å². The molecule has 0 aliphatic heterocycles. The van der Waals surface area contributed by atoms with Gasteiger partial charge in [-0.05, 0) is 55.5 Å². The van der Waals surface area contributed by atoms with Gasteiger partial charge in [-0.15, -0.1) is 11.3 Å². The molecule has 0 saturated heterocycles. The summed E-state index contributed by atoms with van der Waals surface area (Å²) in [6, 6.07) is 4.57. The lowest BCUT2D eigenvalue weighted by atomic mass is 10.1. The van der Waals surface area contributed by atoms with Crippen LogP contribution >= 0.6 is 11.3 Å². The molecular formula is C22H24F3NO5S. The zero-order chi connectivity index (χ0) is 23.1. The Labute approximate surface area is 187 Å². The van der Waals surface area contributed by atoms with Crippen LogP contribution in [0.1, 0.15) is 44.9 Å². The van der Waals surface area contributed by atoms with Gasteiger partial charge in [-0.1, -0.05) is 6.42 Å². The zero-order valence-corrected chi connectivity index (χ0v) is 18.4. The van der Waals surface area contributed by atoms with Gasteiger partial charge in [0.05, 0.1) is 17.9 Å². The third-order valence-corrected chi connectivity index (χ3v) is 6.13. The molecule has 32 heavy (non-hydrogen) atoms. The average Bonchev–Trinajstić information content (AvgIpc) is 3.03. The maximum absolute atomic E-state index is 13.1. The number of anilines is 1. The number of aryl methyl sites for hydroxylation is 2. The molecule has 6 nitrogen and oxygen atoms in total. The largest absolute Gasteiger partial charge is 0.489 e. The molecule has 0 fully saturated rings. The minimum atomic E-state index is -4.59. The summed E-state index contributed by atoms with van der Waals surface area (Å²) < 4.78 is 54.5. The Bertz CT molecular complexity index is 934. The van der Waals surface area contributed by atoms with Crippen LogP contribution in [0, 0.1) is 0 Å². The number of carbonyl (C=O) groups excluding carboxylic acids is 2. The van der Waals surface area contributed by atoms with E-state index in [1.54, 1.807) is 6.07 Å². The Hall–Kier alpha value is -2.59. The number of methoxy groups -OCH3 is 1. The van der Waals surface area contributed by atoms with Crippen molar-refractivity contribution in [3.63, 3.8) is 0 Å². The van der Waals surface area contributed by atoms with Crippen molar-refractivity contribution in [3.8, 4) is 5.75 Å². The summed E-state index contributed by atoms with van der Waals surface area (Å²) in [5, 5.41) is 2.34. The summed E-state index contributed by atoms with van der Waals surface area (Å²) in [6.45, 7) is -0.325. The van der Waals surface area contributed by atoms with Gasteiger partial charge in [0.15, 0.2) is 6.61 Å². The maximum atomic E-state index is 13.1. The number of carbonyl (C=O) groups is 2. The summed E-state index contributed by atoms with van der Waals surface area (Å²) in [4.78, 5) is 26.2. The predicted molar refractivity (Wildman–Crippen MR) is 113 cm³/mol. The topological polar surface area (TPSA) is 73.9 Å². The second kappa shape index (κ2) is 10.8. The number of rotatable bonds is 8. The van der Waals surface area contributed by atoms with Gasteiger partial charge in [0.25, 0.3) is 5.91 Å². The number of thiophene rings is 1. The normalized spacial score (nSPS) is 13.8. The van der Waals surface area contributed by atoms with Gasteiger partial charge in [-0.2, -0.15) is 13.2 Å². The van der Waals surface area contributed by atoms with Crippen LogP contribution in [0.15, 0.2) is 24.3 Å². The van der Waals surface area contributed by atoms with Gasteiger partial charge in [0, 0.05) is 12.0 Å². The minimum absolute atomic E-state index is 0.0525. The standard InChI is InChI=1S/C22H24F3NO5S/c1-29-9-10-30-17-8-7-15(22(23,24)25)12-16(17)26-20(27)13-31-21(28)19-11-14-5-3-2-4-6-18(14)32-19/h7-8,11-12H,2-6,9-10,13H2,1H3,(H,26,27). The van der Waals surface area contributed by atoms with E-state index in [0.29, 0.717) is 4.88 Å². The lowest BCUT2D eigenvalue weighted by Gasteiger charge is -2.15. The van der Waals surface area contributed by atoms with E-state index >= 15 is 0 Å². The molecule has 3 rings (SSSR count). The highest BCUT2D eigenvalue weighted by Crippen LogP contribution is 2.35. The number of halogens is 3. The molecule has 0 saturated carbocycles. The van der Waals surface area contributed by atoms with Crippen LogP contribution in [-0.4, -0.2) is 38.8 Å². The summed E-state index contributed by atoms with van der Waals surface area (Å²) in [5.41, 5.74) is 0.0366. The van der Waals surface area contributed by atoms with Crippen LogP contribution in [0.5, 0.6) is 5.75 Å². The van der Waals surface area contributed by atoms with Crippen molar-refractivity contribution >= 4 is 28.9 Å². The first-order chi connectivity index (χ1) is 15.3. The Kier molecular flexibility index (Phi) is 8.14. The number of ether oxygens (including phenoxy) is 3. The SMILES string of the molecule is COCCOc1ccc(C(F)(F)F)cc1NC(=O)COC(=O)c1cc2c(s1)CCCCC2. The van der Waals surface area contributed by atoms with Crippen LogP contribution in [0.3, 0.4) is 0 Å². The van der Waals surface area contributed by atoms with E-state index < -0.39 is 30.2 Å². The van der Waals surface area contributed by atoms with Gasteiger partial charge in [0.1, 0.15) is 17.2 Å². The lowest BCUT2D eigenvalue weighted by Crippen LogP contribution is -2.21. The van der Waals surface area contributed by atoms with Gasteiger partial charge in [-0.3, -0.25) is 4.79 Å². The van der Waals surface area contributed by atoms with E-state index in [4.69, 9.17) is 14.2 Å². The number of hydrogen-bond acceptors (Lipinski definition) is 6. The quantitative estimate of drug-likeness (QED) is 0.338. The smallest absolute Gasteiger partial charge is 0.416 e. The van der Waals surface area contributed by atoms with E-state index in [1.807, 2.05) is 0 Å². The maximum Gasteiger partial charge on any atom is 0.416 e. The first-order valence-electron chi connectivity index (χ1n) is 10.2. The molecule has 1 heterocycles. The number of esters is 1. The molecule has 0 radical (unpaired) electrons. The Balaban J connectivity index is 1.63. The number of hydrogen-bond donors (Lipinski definition) is 1. The van der Waals surface area contributed by atoms with Crippen LogP contribution in [0.4, 0.5) is 18.9 Å². The van der Waals surface area contributed by atoms with Crippen LogP contribution in [-0.2, 0) is 33.3 Å². The van der Waals surface area contributed by atoms with Crippen LogP contribution in [0.25, 0.3) is 0 Å². The molecule has 0 bridgehead atoms. The number of benzene rings is 1. The summed E-state index contributed by atoms with van der Waals surface area (Å²) in [5.74, 6) is -1.34. The fourth-order valence-electron chi connectivity index (χ4n) is 3.32. The number of nitrogens with one attached hydrogen (secondary N) is 1. The highest BCUT2D eigenvalue weighted by Gasteiger charge is 2.31. The highest BCUT2D eigenvalue weighted by atomic mass is 32.1. The Morgan fingerprint density at radius 3 is 2.62 bits per heavy atom. The van der Waals surface area contributed by atoms with Crippen molar-refractivity contribution in [1.82, 2.24) is 0 Å². The highest BCUT2D eigenvalue weighted by molar-refractivity contribution is 7.14. The molecular weight excluding hydrogens is 447 g/mol. The van der Waals surface area contributed by atoms with E-state index in [1.165, 1.54) is 23.3 Å². The zero-order valence-electron chi connectivity index (χ0n) is 17.5. The van der Waals surface area contributed by atoms with Crippen molar-refractivity contribution < 1.29 is 37.0 Å². The molecule has 1 N–H and O–H groups in total. The fourth-order valence-corrected chi connectivity index (χ4v) is 4.47. The molecule has 10 heteroatoms. The van der Waals surface area contributed by atoms with Gasteiger partial charge in [0.2, 0.25) is 0 Å². The van der Waals surface area contributed by atoms with E-state index in [0.717, 1.165) is 55.9 Å². The van der Waals surface area contributed by atoms with Crippen LogP contribution < -0.4 is 10.1 Å². The molecule has 0 unspecified atom stereocenters. The van der Waals surface area contributed by atoms with Gasteiger partial charge in [-0.25, -0.2) is 4.79 Å². The third-order valence-electron chi connectivity index (χ3n) is 4.91. The number of fused-ring (bicyclic) bond motifs is 1. The summed E-state index contributed by atoms with van der Waals surface area (Å²) >= 11 is 1.37. The monoisotopic (exact) mass is 471 g/mol. The minimum Gasteiger partial charge on any atom is -0.489 e. The molecule has 1 aliphatic carbocycles. The van der Waals surface area contributed by atoms with E-state index in [-0.39, 0.29) is 24.7 Å². The number of amides is 1. The first-order valence-corrected chi connectivity index (χ1v) is 11.0. The first kappa shape index (κ1) is 24.1. The lowest BCUT2D eigenvalue weighted by molar-refractivity contribution is -0.137. The molecule has 1 aliphatic rings. The van der Waals surface area contributed by atoms with Gasteiger partial charge < -0.3 is 19.5 Å². The predicted octanol–water partition coefficient (Wildman–Crippen LogP) is 4.86. The molecule has 174 valence electrons. The van der Waals surface area contributed by atoms with Crippen molar-refractivity contribution in [2.45, 2.75) is 38.3 Å². The average molecular weight is 471 g/mol. The molecule has 1 aromatic carbocycles. The summed E-state index contributed by atoms with van der Waals surface area (Å²) in [7, 11) is 1.46. The van der Waals surface area contributed by atoms with Crippen molar-refractivity contribution in [1.29, 1.82) is 0 Å². The molecule has 1 amide bonds. The van der Waals surface area contributed by atoms with E-state index in [2.05, 4.69) is 5.32 Å². The van der Waals surface area contributed by atoms with Crippen LogP contribution in [0.2, 0.25) is 0 Å². The van der Waals surface area contributed by atoms with Crippen molar-refractivity contribution in [2.24, 2.45) is 0 Å². The molecule has 1 aromatic heterocycles. The third kappa shape index (κ3) is 6.46. The molecule has 0 spiro atoms. The summed E-state index contributed by atoms with van der Waals surface area (Å²) in [6.07, 6.45) is 0.570.